The predicted octanol–water partition coefficient (Wildman–Crippen LogP) is 3.36. The van der Waals surface area contributed by atoms with Crippen LogP contribution in [-0.4, -0.2) is 17.1 Å². The molecule has 118 valence electrons. The number of hydrogen-bond donors (Lipinski definition) is 3. The van der Waals surface area contributed by atoms with E-state index < -0.39 is 12.0 Å². The SMILES string of the molecule is CC(C)(C)OC(O)Nc1ccc(Cc2ccc(N)cc2)cc1. The zero-order valence-corrected chi connectivity index (χ0v) is 13.3. The summed E-state index contributed by atoms with van der Waals surface area (Å²) < 4.78 is 5.41. The maximum absolute atomic E-state index is 9.82. The molecular weight excluding hydrogens is 276 g/mol. The van der Waals surface area contributed by atoms with Gasteiger partial charge < -0.3 is 20.9 Å². The summed E-state index contributed by atoms with van der Waals surface area (Å²) in [7, 11) is 0. The number of aliphatic hydroxyl groups excluding tert-OH is 1. The van der Waals surface area contributed by atoms with Gasteiger partial charge in [0.2, 0.25) is 6.41 Å². The lowest BCUT2D eigenvalue weighted by Crippen LogP contribution is -2.32. The van der Waals surface area contributed by atoms with Gasteiger partial charge in [-0.25, -0.2) is 0 Å². The predicted molar refractivity (Wildman–Crippen MR) is 90.6 cm³/mol. The molecule has 1 atom stereocenters. The third-order valence-corrected chi connectivity index (χ3v) is 3.10. The van der Waals surface area contributed by atoms with Gasteiger partial charge in [-0.2, -0.15) is 0 Å². The van der Waals surface area contributed by atoms with Crippen LogP contribution in [0.1, 0.15) is 31.9 Å². The molecule has 0 amide bonds. The number of anilines is 2. The Morgan fingerprint density at radius 3 is 2.00 bits per heavy atom. The molecule has 0 saturated carbocycles. The van der Waals surface area contributed by atoms with E-state index in [-0.39, 0.29) is 0 Å². The maximum atomic E-state index is 9.82. The Balaban J connectivity index is 1.94. The molecule has 2 aromatic carbocycles. The average Bonchev–Trinajstić information content (AvgIpc) is 2.41. The molecule has 4 nitrogen and oxygen atoms in total. The number of benzene rings is 2. The zero-order chi connectivity index (χ0) is 16.2. The summed E-state index contributed by atoms with van der Waals surface area (Å²) in [5.41, 5.74) is 9.29. The highest BCUT2D eigenvalue weighted by Crippen LogP contribution is 2.17. The van der Waals surface area contributed by atoms with Crippen molar-refractivity contribution in [2.75, 3.05) is 11.1 Å². The van der Waals surface area contributed by atoms with Crippen molar-refractivity contribution in [2.45, 2.75) is 39.2 Å². The van der Waals surface area contributed by atoms with Gasteiger partial charge in [0, 0.05) is 11.4 Å². The Bertz CT molecular complexity index is 586. The summed E-state index contributed by atoms with van der Waals surface area (Å²) in [5, 5.41) is 12.7. The van der Waals surface area contributed by atoms with Crippen molar-refractivity contribution in [3.8, 4) is 0 Å². The largest absolute Gasteiger partial charge is 0.399 e. The molecule has 0 radical (unpaired) electrons. The Hall–Kier alpha value is -2.04. The molecule has 0 heterocycles. The van der Waals surface area contributed by atoms with Gasteiger partial charge in [0.15, 0.2) is 0 Å². The summed E-state index contributed by atoms with van der Waals surface area (Å²) in [5.74, 6) is 0. The summed E-state index contributed by atoms with van der Waals surface area (Å²) in [6.45, 7) is 5.69. The molecule has 22 heavy (non-hydrogen) atoms. The number of nitrogens with one attached hydrogen (secondary N) is 1. The third kappa shape index (κ3) is 5.39. The highest BCUT2D eigenvalue weighted by Gasteiger charge is 2.16. The molecule has 0 saturated heterocycles. The van der Waals surface area contributed by atoms with Gasteiger partial charge in [-0.05, 0) is 62.6 Å². The molecule has 4 heteroatoms. The maximum Gasteiger partial charge on any atom is 0.235 e. The molecule has 1 unspecified atom stereocenters. The van der Waals surface area contributed by atoms with E-state index in [2.05, 4.69) is 5.32 Å². The van der Waals surface area contributed by atoms with Crippen LogP contribution < -0.4 is 11.1 Å². The minimum Gasteiger partial charge on any atom is -0.399 e. The van der Waals surface area contributed by atoms with E-state index in [0.29, 0.717) is 0 Å². The van der Waals surface area contributed by atoms with Crippen LogP contribution in [0.3, 0.4) is 0 Å². The lowest BCUT2D eigenvalue weighted by atomic mass is 10.0. The van der Waals surface area contributed by atoms with Gasteiger partial charge in [0.1, 0.15) is 0 Å². The quantitative estimate of drug-likeness (QED) is 0.585. The van der Waals surface area contributed by atoms with Crippen LogP contribution >= 0.6 is 0 Å². The van der Waals surface area contributed by atoms with E-state index in [1.165, 1.54) is 11.1 Å². The standard InChI is InChI=1S/C18H24N2O2/c1-18(2,3)22-17(21)20-16-10-6-14(7-11-16)12-13-4-8-15(19)9-5-13/h4-11,17,20-21H,12,19H2,1-3H3. The van der Waals surface area contributed by atoms with Crippen molar-refractivity contribution >= 4 is 11.4 Å². The van der Waals surface area contributed by atoms with Crippen molar-refractivity contribution in [1.82, 2.24) is 0 Å². The van der Waals surface area contributed by atoms with Gasteiger partial charge in [0.05, 0.1) is 5.60 Å². The summed E-state index contributed by atoms with van der Waals surface area (Å²) in [6.07, 6.45) is -0.176. The van der Waals surface area contributed by atoms with Crippen LogP contribution in [0.4, 0.5) is 11.4 Å². The summed E-state index contributed by atoms with van der Waals surface area (Å²) in [6, 6.07) is 15.8. The fraction of sp³-hybridized carbons (Fsp3) is 0.333. The number of nitrogens with two attached hydrogens (primary N) is 1. The van der Waals surface area contributed by atoms with Gasteiger partial charge in [-0.1, -0.05) is 24.3 Å². The van der Waals surface area contributed by atoms with E-state index in [4.69, 9.17) is 10.5 Å². The molecule has 0 bridgehead atoms. The van der Waals surface area contributed by atoms with Crippen LogP contribution in [0.25, 0.3) is 0 Å². The second-order valence-electron chi connectivity index (χ2n) is 6.34. The molecule has 2 aromatic rings. The Morgan fingerprint density at radius 2 is 1.50 bits per heavy atom. The van der Waals surface area contributed by atoms with E-state index in [1.54, 1.807) is 0 Å². The van der Waals surface area contributed by atoms with Gasteiger partial charge in [0.25, 0.3) is 0 Å². The first kappa shape index (κ1) is 16.3. The number of aliphatic hydroxyl groups is 1. The fourth-order valence-electron chi connectivity index (χ4n) is 2.10. The van der Waals surface area contributed by atoms with E-state index >= 15 is 0 Å². The molecule has 0 fully saturated rings. The fourth-order valence-corrected chi connectivity index (χ4v) is 2.10. The highest BCUT2D eigenvalue weighted by molar-refractivity contribution is 5.46. The van der Waals surface area contributed by atoms with Crippen LogP contribution in [0, 0.1) is 0 Å². The lowest BCUT2D eigenvalue weighted by Gasteiger charge is -2.24. The van der Waals surface area contributed by atoms with E-state index in [0.717, 1.165) is 17.8 Å². The second-order valence-corrected chi connectivity index (χ2v) is 6.34. The number of nitrogen functional groups attached to an aromatic ring is 1. The van der Waals surface area contributed by atoms with Crippen LogP contribution in [0.2, 0.25) is 0 Å². The smallest absolute Gasteiger partial charge is 0.235 e. The Kier molecular flexibility index (Phi) is 5.06. The van der Waals surface area contributed by atoms with E-state index in [1.807, 2.05) is 69.3 Å². The first-order chi connectivity index (χ1) is 10.3. The van der Waals surface area contributed by atoms with Crippen LogP contribution in [0.15, 0.2) is 48.5 Å². The molecule has 0 aliphatic rings. The topological polar surface area (TPSA) is 67.5 Å². The number of rotatable bonds is 5. The summed E-state index contributed by atoms with van der Waals surface area (Å²) >= 11 is 0. The minimum atomic E-state index is -1.03. The Morgan fingerprint density at radius 1 is 1.00 bits per heavy atom. The Labute approximate surface area is 131 Å². The normalized spacial score (nSPS) is 12.9. The zero-order valence-electron chi connectivity index (χ0n) is 13.3. The van der Waals surface area contributed by atoms with Crippen LogP contribution in [0.5, 0.6) is 0 Å². The highest BCUT2D eigenvalue weighted by atomic mass is 16.6. The molecular formula is C18H24N2O2. The van der Waals surface area contributed by atoms with Gasteiger partial charge >= 0.3 is 0 Å². The molecule has 4 N–H and O–H groups in total. The number of ether oxygens (including phenoxy) is 1. The first-order valence-corrected chi connectivity index (χ1v) is 7.38. The van der Waals surface area contributed by atoms with Gasteiger partial charge in [-0.15, -0.1) is 0 Å². The van der Waals surface area contributed by atoms with Crippen molar-refractivity contribution < 1.29 is 9.84 Å². The minimum absolute atomic E-state index is 0.401. The molecule has 0 aliphatic heterocycles. The molecule has 2 rings (SSSR count). The van der Waals surface area contributed by atoms with Crippen molar-refractivity contribution in [1.29, 1.82) is 0 Å². The number of hydrogen-bond acceptors (Lipinski definition) is 4. The van der Waals surface area contributed by atoms with Gasteiger partial charge in [-0.3, -0.25) is 0 Å². The first-order valence-electron chi connectivity index (χ1n) is 7.38. The van der Waals surface area contributed by atoms with Crippen molar-refractivity contribution in [3.63, 3.8) is 0 Å². The molecule has 0 aliphatic carbocycles. The van der Waals surface area contributed by atoms with Crippen LogP contribution in [-0.2, 0) is 11.2 Å². The molecule has 0 aromatic heterocycles. The average molecular weight is 300 g/mol. The molecule has 0 spiro atoms. The van der Waals surface area contributed by atoms with Crippen molar-refractivity contribution in [3.05, 3.63) is 59.7 Å². The third-order valence-electron chi connectivity index (χ3n) is 3.10. The van der Waals surface area contributed by atoms with E-state index in [9.17, 15) is 5.11 Å². The monoisotopic (exact) mass is 300 g/mol. The second kappa shape index (κ2) is 6.81. The summed E-state index contributed by atoms with van der Waals surface area (Å²) in [4.78, 5) is 0. The lowest BCUT2D eigenvalue weighted by molar-refractivity contribution is -0.148. The van der Waals surface area contributed by atoms with Crippen molar-refractivity contribution in [2.24, 2.45) is 0 Å².